The summed E-state index contributed by atoms with van der Waals surface area (Å²) in [6.45, 7) is 4.07. The third-order valence-corrected chi connectivity index (χ3v) is 5.07. The Kier molecular flexibility index (Phi) is 5.97. The molecule has 0 aliphatic carbocycles. The second-order valence-corrected chi connectivity index (χ2v) is 7.19. The summed E-state index contributed by atoms with van der Waals surface area (Å²) < 4.78 is 26.8. The minimum absolute atomic E-state index is 0.0382. The van der Waals surface area contributed by atoms with E-state index in [1.165, 1.54) is 24.3 Å². The predicted octanol–water partition coefficient (Wildman–Crippen LogP) is 3.36. The highest BCUT2D eigenvalue weighted by Crippen LogP contribution is 2.25. The number of rotatable bonds is 4. The number of hydrogen-bond acceptors (Lipinski definition) is 3. The number of aryl methyl sites for hydroxylation is 1. The smallest absolute Gasteiger partial charge is 0.246 e. The Morgan fingerprint density at radius 2 is 2.07 bits per heavy atom. The number of halogens is 3. The summed E-state index contributed by atoms with van der Waals surface area (Å²) in [6, 6.07) is 8.65. The molecule has 0 bridgehead atoms. The van der Waals surface area contributed by atoms with Gasteiger partial charge in [0.1, 0.15) is 17.7 Å². The van der Waals surface area contributed by atoms with Crippen molar-refractivity contribution in [1.82, 2.24) is 10.2 Å². The molecular weight excluding hydrogens is 372 g/mol. The molecule has 0 spiro atoms. The number of hydrogen-bond donors (Lipinski definition) is 1. The Morgan fingerprint density at radius 3 is 2.78 bits per heavy atom. The Bertz CT molecular complexity index is 846. The predicted molar refractivity (Wildman–Crippen MR) is 103 cm³/mol. The van der Waals surface area contributed by atoms with E-state index in [1.54, 1.807) is 24.1 Å². The average Bonchev–Trinajstić information content (AvgIpc) is 2.64. The normalized spacial score (nSPS) is 17.1. The molecular formula is C20H22ClF2N3O. The SMILES string of the molecule is Cc1cc(F)ccc1N1CCNCC1C(=O)N(C)Cc1ccc(F)c(Cl)c1. The molecule has 2 aromatic rings. The highest BCUT2D eigenvalue weighted by atomic mass is 35.5. The van der Waals surface area contributed by atoms with E-state index in [-0.39, 0.29) is 16.7 Å². The fraction of sp³-hybridized carbons (Fsp3) is 0.350. The first-order valence-electron chi connectivity index (χ1n) is 8.79. The first kappa shape index (κ1) is 19.6. The van der Waals surface area contributed by atoms with Crippen LogP contribution in [0, 0.1) is 18.6 Å². The van der Waals surface area contributed by atoms with Crippen LogP contribution >= 0.6 is 11.6 Å². The summed E-state index contributed by atoms with van der Waals surface area (Å²) in [5.41, 5.74) is 2.41. The Balaban J connectivity index is 1.78. The number of nitrogens with zero attached hydrogens (tertiary/aromatic N) is 2. The van der Waals surface area contributed by atoms with E-state index in [0.717, 1.165) is 23.4 Å². The minimum atomic E-state index is -0.483. The number of likely N-dealkylation sites (N-methyl/N-ethyl adjacent to an activating group) is 1. The van der Waals surface area contributed by atoms with Crippen molar-refractivity contribution in [3.05, 3.63) is 64.2 Å². The van der Waals surface area contributed by atoms with E-state index in [9.17, 15) is 13.6 Å². The first-order valence-corrected chi connectivity index (χ1v) is 9.17. The Morgan fingerprint density at radius 1 is 1.30 bits per heavy atom. The van der Waals surface area contributed by atoms with Gasteiger partial charge in [-0.05, 0) is 48.4 Å². The molecule has 0 aromatic heterocycles. The molecule has 4 nitrogen and oxygen atoms in total. The van der Waals surface area contributed by atoms with Gasteiger partial charge < -0.3 is 15.1 Å². The third-order valence-electron chi connectivity index (χ3n) is 4.78. The number of piperazine rings is 1. The van der Waals surface area contributed by atoms with E-state index < -0.39 is 11.9 Å². The molecule has 144 valence electrons. The lowest BCUT2D eigenvalue weighted by Gasteiger charge is -2.39. The molecule has 0 saturated carbocycles. The Hall–Kier alpha value is -2.18. The topological polar surface area (TPSA) is 35.6 Å². The minimum Gasteiger partial charge on any atom is -0.357 e. The van der Waals surface area contributed by atoms with Gasteiger partial charge in [0, 0.05) is 38.9 Å². The molecule has 1 aliphatic rings. The molecule has 1 amide bonds. The van der Waals surface area contributed by atoms with E-state index in [4.69, 9.17) is 11.6 Å². The summed E-state index contributed by atoms with van der Waals surface area (Å²) in [5.74, 6) is -0.838. The number of nitrogens with one attached hydrogen (secondary N) is 1. The van der Waals surface area contributed by atoms with Crippen molar-refractivity contribution < 1.29 is 13.6 Å². The lowest BCUT2D eigenvalue weighted by Crippen LogP contribution is -2.58. The van der Waals surface area contributed by atoms with Gasteiger partial charge in [-0.15, -0.1) is 0 Å². The van der Waals surface area contributed by atoms with Gasteiger partial charge in [-0.1, -0.05) is 17.7 Å². The third kappa shape index (κ3) is 4.39. The van der Waals surface area contributed by atoms with Gasteiger partial charge in [0.05, 0.1) is 5.02 Å². The van der Waals surface area contributed by atoms with Gasteiger partial charge in [-0.2, -0.15) is 0 Å². The van der Waals surface area contributed by atoms with Crippen molar-refractivity contribution in [2.75, 3.05) is 31.6 Å². The molecule has 1 unspecified atom stereocenters. The van der Waals surface area contributed by atoms with Crippen LogP contribution in [-0.2, 0) is 11.3 Å². The lowest BCUT2D eigenvalue weighted by molar-refractivity contribution is -0.132. The summed E-state index contributed by atoms with van der Waals surface area (Å²) >= 11 is 5.83. The van der Waals surface area contributed by atoms with Crippen molar-refractivity contribution in [2.24, 2.45) is 0 Å². The van der Waals surface area contributed by atoms with Crippen molar-refractivity contribution in [1.29, 1.82) is 0 Å². The summed E-state index contributed by atoms with van der Waals surface area (Å²) in [7, 11) is 1.71. The van der Waals surface area contributed by atoms with Crippen molar-refractivity contribution in [3.8, 4) is 0 Å². The molecule has 1 N–H and O–H groups in total. The Labute approximate surface area is 162 Å². The summed E-state index contributed by atoms with van der Waals surface area (Å²) in [5, 5.41) is 3.29. The molecule has 1 aliphatic heterocycles. The zero-order valence-electron chi connectivity index (χ0n) is 15.3. The van der Waals surface area contributed by atoms with Crippen molar-refractivity contribution >= 4 is 23.2 Å². The molecule has 1 fully saturated rings. The molecule has 1 atom stereocenters. The number of amides is 1. The molecule has 27 heavy (non-hydrogen) atoms. The van der Waals surface area contributed by atoms with Crippen molar-refractivity contribution in [2.45, 2.75) is 19.5 Å². The van der Waals surface area contributed by atoms with E-state index in [1.807, 2.05) is 11.8 Å². The van der Waals surface area contributed by atoms with Crippen LogP contribution in [0.2, 0.25) is 5.02 Å². The molecule has 3 rings (SSSR count). The van der Waals surface area contributed by atoms with E-state index >= 15 is 0 Å². The molecule has 1 heterocycles. The highest BCUT2D eigenvalue weighted by molar-refractivity contribution is 6.30. The summed E-state index contributed by atoms with van der Waals surface area (Å²) in [6.07, 6.45) is 0. The molecule has 2 aromatic carbocycles. The summed E-state index contributed by atoms with van der Waals surface area (Å²) in [4.78, 5) is 16.7. The van der Waals surface area contributed by atoms with Crippen LogP contribution in [0.1, 0.15) is 11.1 Å². The van der Waals surface area contributed by atoms with Crippen LogP contribution in [0.25, 0.3) is 0 Å². The second-order valence-electron chi connectivity index (χ2n) is 6.79. The lowest BCUT2D eigenvalue weighted by atomic mass is 10.1. The number of carbonyl (C=O) groups excluding carboxylic acids is 1. The van der Waals surface area contributed by atoms with Crippen LogP contribution in [-0.4, -0.2) is 43.5 Å². The number of carbonyl (C=O) groups is 1. The molecule has 1 saturated heterocycles. The fourth-order valence-corrected chi connectivity index (χ4v) is 3.60. The van der Waals surface area contributed by atoms with Gasteiger partial charge in [0.2, 0.25) is 5.91 Å². The maximum atomic E-state index is 13.5. The zero-order chi connectivity index (χ0) is 19.6. The van der Waals surface area contributed by atoms with Gasteiger partial charge in [-0.25, -0.2) is 8.78 Å². The first-order chi connectivity index (χ1) is 12.9. The zero-order valence-corrected chi connectivity index (χ0v) is 16.1. The monoisotopic (exact) mass is 393 g/mol. The molecule has 0 radical (unpaired) electrons. The number of benzene rings is 2. The largest absolute Gasteiger partial charge is 0.357 e. The molecule has 7 heteroatoms. The van der Waals surface area contributed by atoms with Crippen LogP contribution in [0.3, 0.4) is 0 Å². The van der Waals surface area contributed by atoms with E-state index in [2.05, 4.69) is 5.32 Å². The van der Waals surface area contributed by atoms with Crippen LogP contribution in [0.4, 0.5) is 14.5 Å². The van der Waals surface area contributed by atoms with E-state index in [0.29, 0.717) is 19.6 Å². The highest BCUT2D eigenvalue weighted by Gasteiger charge is 2.31. The van der Waals surface area contributed by atoms with Gasteiger partial charge >= 0.3 is 0 Å². The quantitative estimate of drug-likeness (QED) is 0.865. The van der Waals surface area contributed by atoms with Crippen molar-refractivity contribution in [3.63, 3.8) is 0 Å². The van der Waals surface area contributed by atoms with Crippen LogP contribution in [0.15, 0.2) is 36.4 Å². The number of anilines is 1. The standard InChI is InChI=1S/C20H22ClF2N3O/c1-13-9-15(22)4-6-18(13)26-8-7-24-11-19(26)20(27)25(2)12-14-3-5-17(23)16(21)10-14/h3-6,9-10,19,24H,7-8,11-12H2,1-2H3. The van der Waals surface area contributed by atoms with Gasteiger partial charge in [-0.3, -0.25) is 4.79 Å². The maximum absolute atomic E-state index is 13.5. The van der Waals surface area contributed by atoms with Crippen LogP contribution in [0.5, 0.6) is 0 Å². The fourth-order valence-electron chi connectivity index (χ4n) is 3.40. The van der Waals surface area contributed by atoms with Gasteiger partial charge in [0.25, 0.3) is 0 Å². The average molecular weight is 394 g/mol. The van der Waals surface area contributed by atoms with Crippen LogP contribution < -0.4 is 10.2 Å². The second kappa shape index (κ2) is 8.23. The maximum Gasteiger partial charge on any atom is 0.246 e. The van der Waals surface area contributed by atoms with Gasteiger partial charge in [0.15, 0.2) is 0 Å².